The molecule has 21 heavy (non-hydrogen) atoms. The molecule has 0 saturated carbocycles. The molecular formula is C14H25O6P. The van der Waals surface area contributed by atoms with Crippen molar-refractivity contribution < 1.29 is 28.3 Å². The van der Waals surface area contributed by atoms with E-state index >= 15 is 0 Å². The number of hydrogen-bond acceptors (Lipinski definition) is 6. The van der Waals surface area contributed by atoms with Crippen LogP contribution in [-0.2, 0) is 23.1 Å². The maximum atomic E-state index is 12.6. The molecule has 0 aromatic rings. The predicted molar refractivity (Wildman–Crippen MR) is 81.2 cm³/mol. The highest BCUT2D eigenvalue weighted by atomic mass is 31.2. The van der Waals surface area contributed by atoms with E-state index in [2.05, 4.69) is 0 Å². The van der Waals surface area contributed by atoms with Crippen LogP contribution in [0.4, 0.5) is 0 Å². The van der Waals surface area contributed by atoms with Crippen LogP contribution in [0.1, 0.15) is 41.5 Å². The van der Waals surface area contributed by atoms with Crippen molar-refractivity contribution in [3.8, 4) is 0 Å². The van der Waals surface area contributed by atoms with Gasteiger partial charge in [-0.1, -0.05) is 0 Å². The summed E-state index contributed by atoms with van der Waals surface area (Å²) in [6.07, 6.45) is 0.577. The number of aliphatic hydroxyl groups excluding tert-OH is 1. The summed E-state index contributed by atoms with van der Waals surface area (Å²) in [5, 5.41) is 9.53. The molecule has 0 atom stereocenters. The Kier molecular flexibility index (Phi) is 8.55. The number of allylic oxidation sites excluding steroid dienone is 1. The van der Waals surface area contributed by atoms with E-state index in [0.29, 0.717) is 0 Å². The van der Waals surface area contributed by atoms with Gasteiger partial charge in [0.1, 0.15) is 5.76 Å². The van der Waals surface area contributed by atoms with E-state index in [1.54, 1.807) is 34.6 Å². The number of rotatable bonds is 8. The standard InChI is InChI=1S/C14H25O6P/c1-7-18-14(16)13(12(6)15)8-9-21(17,19-10(2)3)20-11(4)5/h8-11,15H,7H2,1-6H3/b9-8+,13-12+. The van der Waals surface area contributed by atoms with Crippen molar-refractivity contribution >= 4 is 13.6 Å². The zero-order chi connectivity index (χ0) is 16.6. The maximum absolute atomic E-state index is 12.6. The fourth-order valence-electron chi connectivity index (χ4n) is 1.39. The molecule has 1 N–H and O–H groups in total. The third kappa shape index (κ3) is 8.05. The second-order valence-electron chi connectivity index (χ2n) is 4.88. The normalized spacial score (nSPS) is 13.9. The quantitative estimate of drug-likeness (QED) is 0.240. The molecule has 0 aliphatic rings. The third-order valence-electron chi connectivity index (χ3n) is 2.02. The third-order valence-corrected chi connectivity index (χ3v) is 3.97. The van der Waals surface area contributed by atoms with Crippen LogP contribution >= 0.6 is 7.60 Å². The minimum absolute atomic E-state index is 0.0863. The minimum atomic E-state index is -3.52. The molecular weight excluding hydrogens is 295 g/mol. The SMILES string of the molecule is CCOC(=O)C(/C=C/P(=O)(OC(C)C)OC(C)C)=C(\C)O. The smallest absolute Gasteiger partial charge is 0.354 e. The molecule has 0 aliphatic heterocycles. The van der Waals surface area contributed by atoms with Crippen LogP contribution in [0.3, 0.4) is 0 Å². The Bertz CT molecular complexity index is 432. The van der Waals surface area contributed by atoms with Crippen LogP contribution in [0.2, 0.25) is 0 Å². The van der Waals surface area contributed by atoms with Crippen molar-refractivity contribution in [2.24, 2.45) is 0 Å². The molecule has 0 fully saturated rings. The Morgan fingerprint density at radius 1 is 1.19 bits per heavy atom. The second-order valence-corrected chi connectivity index (χ2v) is 6.68. The Morgan fingerprint density at radius 2 is 1.67 bits per heavy atom. The fraction of sp³-hybridized carbons (Fsp3) is 0.643. The molecule has 0 rings (SSSR count). The summed E-state index contributed by atoms with van der Waals surface area (Å²) in [5.41, 5.74) is -0.0863. The summed E-state index contributed by atoms with van der Waals surface area (Å²) in [4.78, 5) is 11.7. The van der Waals surface area contributed by atoms with Gasteiger partial charge < -0.3 is 18.9 Å². The van der Waals surface area contributed by atoms with Crippen LogP contribution in [0.5, 0.6) is 0 Å². The van der Waals surface area contributed by atoms with E-state index in [-0.39, 0.29) is 30.1 Å². The number of aliphatic hydroxyl groups is 1. The Balaban J connectivity index is 5.34. The van der Waals surface area contributed by atoms with Gasteiger partial charge in [0, 0.05) is 5.82 Å². The highest BCUT2D eigenvalue weighted by molar-refractivity contribution is 7.57. The zero-order valence-corrected chi connectivity index (χ0v) is 14.3. The number of ether oxygens (including phenoxy) is 1. The largest absolute Gasteiger partial charge is 0.512 e. The number of carbonyl (C=O) groups excluding carboxylic acids is 1. The summed E-state index contributed by atoms with van der Waals surface area (Å²) < 4.78 is 28.0. The van der Waals surface area contributed by atoms with Gasteiger partial charge in [-0.15, -0.1) is 0 Å². The number of carbonyl (C=O) groups is 1. The maximum Gasteiger partial charge on any atom is 0.354 e. The number of esters is 1. The van der Waals surface area contributed by atoms with Crippen LogP contribution in [0.25, 0.3) is 0 Å². The first kappa shape index (κ1) is 19.9. The molecule has 7 heteroatoms. The van der Waals surface area contributed by atoms with Gasteiger partial charge in [0.05, 0.1) is 24.4 Å². The summed E-state index contributed by atoms with van der Waals surface area (Å²) in [5.74, 6) is 0.235. The molecule has 6 nitrogen and oxygen atoms in total. The van der Waals surface area contributed by atoms with Crippen LogP contribution in [0, 0.1) is 0 Å². The average Bonchev–Trinajstić information content (AvgIpc) is 2.26. The van der Waals surface area contributed by atoms with Gasteiger partial charge in [-0.25, -0.2) is 4.79 Å². The fourth-order valence-corrected chi connectivity index (χ4v) is 3.09. The molecule has 0 aromatic heterocycles. The van der Waals surface area contributed by atoms with Crippen molar-refractivity contribution in [2.75, 3.05) is 6.61 Å². The second kappa shape index (κ2) is 9.03. The topological polar surface area (TPSA) is 82.1 Å². The Labute approximate surface area is 126 Å². The molecule has 122 valence electrons. The van der Waals surface area contributed by atoms with Crippen LogP contribution in [-0.4, -0.2) is 29.9 Å². The molecule has 0 heterocycles. The van der Waals surface area contributed by atoms with Gasteiger partial charge in [-0.2, -0.15) is 0 Å². The first-order chi connectivity index (χ1) is 9.61. The van der Waals surface area contributed by atoms with E-state index in [0.717, 1.165) is 0 Å². The van der Waals surface area contributed by atoms with Crippen molar-refractivity contribution in [3.63, 3.8) is 0 Å². The molecule has 0 radical (unpaired) electrons. The van der Waals surface area contributed by atoms with E-state index in [1.807, 2.05) is 0 Å². The Morgan fingerprint density at radius 3 is 2.00 bits per heavy atom. The minimum Gasteiger partial charge on any atom is -0.512 e. The van der Waals surface area contributed by atoms with Crippen molar-refractivity contribution in [1.29, 1.82) is 0 Å². The van der Waals surface area contributed by atoms with Gasteiger partial charge in [0.15, 0.2) is 0 Å². The van der Waals surface area contributed by atoms with Gasteiger partial charge in [-0.3, -0.25) is 4.57 Å². The molecule has 0 aromatic carbocycles. The van der Waals surface area contributed by atoms with E-state index in [9.17, 15) is 14.5 Å². The van der Waals surface area contributed by atoms with Gasteiger partial charge in [0.2, 0.25) is 0 Å². The molecule has 0 aliphatic carbocycles. The van der Waals surface area contributed by atoms with Crippen molar-refractivity contribution in [2.45, 2.75) is 53.8 Å². The highest BCUT2D eigenvalue weighted by Gasteiger charge is 2.25. The van der Waals surface area contributed by atoms with Crippen LogP contribution < -0.4 is 0 Å². The first-order valence-corrected chi connectivity index (χ1v) is 8.45. The van der Waals surface area contributed by atoms with Crippen molar-refractivity contribution in [1.82, 2.24) is 0 Å². The van der Waals surface area contributed by atoms with Gasteiger partial charge in [-0.05, 0) is 47.6 Å². The summed E-state index contributed by atoms with van der Waals surface area (Å²) >= 11 is 0. The van der Waals surface area contributed by atoms with E-state index in [1.165, 1.54) is 18.8 Å². The molecule has 0 spiro atoms. The van der Waals surface area contributed by atoms with Gasteiger partial charge in [0.25, 0.3) is 0 Å². The lowest BCUT2D eigenvalue weighted by atomic mass is 10.2. The van der Waals surface area contributed by atoms with Gasteiger partial charge >= 0.3 is 13.6 Å². The number of hydrogen-bond donors (Lipinski definition) is 1. The summed E-state index contributed by atoms with van der Waals surface area (Å²) in [7, 11) is -3.52. The molecule has 0 bridgehead atoms. The van der Waals surface area contributed by atoms with Crippen molar-refractivity contribution in [3.05, 3.63) is 23.2 Å². The summed E-state index contributed by atoms with van der Waals surface area (Å²) in [6.45, 7) is 10.1. The van der Waals surface area contributed by atoms with E-state index in [4.69, 9.17) is 13.8 Å². The monoisotopic (exact) mass is 320 g/mol. The molecule has 0 amide bonds. The zero-order valence-electron chi connectivity index (χ0n) is 13.5. The van der Waals surface area contributed by atoms with E-state index < -0.39 is 13.6 Å². The predicted octanol–water partition coefficient (Wildman–Crippen LogP) is 3.94. The summed E-state index contributed by atoms with van der Waals surface area (Å²) in [6, 6.07) is 0. The first-order valence-electron chi connectivity index (χ1n) is 6.84. The van der Waals surface area contributed by atoms with Crippen LogP contribution in [0.15, 0.2) is 23.2 Å². The average molecular weight is 320 g/mol. The highest BCUT2D eigenvalue weighted by Crippen LogP contribution is 2.52. The molecule has 0 saturated heterocycles. The Hall–Kier alpha value is -1.10. The lowest BCUT2D eigenvalue weighted by Crippen LogP contribution is -2.09. The lowest BCUT2D eigenvalue weighted by molar-refractivity contribution is -0.138. The lowest BCUT2D eigenvalue weighted by Gasteiger charge is -2.19. The molecule has 0 unspecified atom stereocenters.